The van der Waals surface area contributed by atoms with Gasteiger partial charge in [0.2, 0.25) is 5.91 Å². The lowest BCUT2D eigenvalue weighted by Crippen LogP contribution is -2.34. The van der Waals surface area contributed by atoms with E-state index in [9.17, 15) is 4.79 Å². The van der Waals surface area contributed by atoms with Gasteiger partial charge in [0.1, 0.15) is 0 Å². The van der Waals surface area contributed by atoms with E-state index in [4.69, 9.17) is 0 Å². The predicted molar refractivity (Wildman–Crippen MR) is 78.4 cm³/mol. The number of carbonyl (C=O) groups is 1. The third-order valence-electron chi connectivity index (χ3n) is 4.32. The first-order valence-corrected chi connectivity index (χ1v) is 8.27. The Balaban J connectivity index is 1.55. The van der Waals surface area contributed by atoms with Crippen molar-refractivity contribution in [2.24, 2.45) is 5.92 Å². The molecule has 1 aromatic heterocycles. The summed E-state index contributed by atoms with van der Waals surface area (Å²) in [4.78, 5) is 13.7. The average molecular weight is 278 g/mol. The summed E-state index contributed by atoms with van der Waals surface area (Å²) in [6.45, 7) is 2.13. The molecule has 1 fully saturated rings. The van der Waals surface area contributed by atoms with Gasteiger partial charge in [-0.1, -0.05) is 0 Å². The van der Waals surface area contributed by atoms with Crippen LogP contribution in [0.15, 0.2) is 11.4 Å². The van der Waals surface area contributed by atoms with Crippen LogP contribution in [0.4, 0.5) is 0 Å². The van der Waals surface area contributed by atoms with E-state index in [1.165, 1.54) is 23.3 Å². The minimum atomic E-state index is 0.246. The summed E-state index contributed by atoms with van der Waals surface area (Å²) in [5, 5.41) is 8.76. The van der Waals surface area contributed by atoms with Crippen LogP contribution in [0, 0.1) is 5.92 Å². The van der Waals surface area contributed by atoms with Crippen molar-refractivity contribution in [2.45, 2.75) is 44.6 Å². The topological polar surface area (TPSA) is 41.1 Å². The first kappa shape index (κ1) is 13.1. The Morgan fingerprint density at radius 1 is 1.37 bits per heavy atom. The molecule has 1 saturated heterocycles. The van der Waals surface area contributed by atoms with Gasteiger partial charge in [-0.3, -0.25) is 4.79 Å². The molecule has 1 aliphatic carbocycles. The van der Waals surface area contributed by atoms with E-state index in [1.807, 2.05) is 11.3 Å². The van der Waals surface area contributed by atoms with Crippen molar-refractivity contribution < 1.29 is 4.79 Å². The summed E-state index contributed by atoms with van der Waals surface area (Å²) < 4.78 is 0. The fraction of sp³-hybridized carbons (Fsp3) is 0.667. The van der Waals surface area contributed by atoms with Crippen LogP contribution in [0.3, 0.4) is 0 Å². The lowest BCUT2D eigenvalue weighted by atomic mass is 9.92. The van der Waals surface area contributed by atoms with Gasteiger partial charge in [-0.2, -0.15) is 0 Å². The number of carbonyl (C=O) groups excluding carboxylic acids is 1. The Morgan fingerprint density at radius 2 is 2.21 bits per heavy atom. The second-order valence-electron chi connectivity index (χ2n) is 5.71. The van der Waals surface area contributed by atoms with Crippen LogP contribution in [0.2, 0.25) is 0 Å². The Morgan fingerprint density at radius 3 is 3.05 bits per heavy atom. The molecule has 0 bridgehead atoms. The van der Waals surface area contributed by atoms with Gasteiger partial charge in [0, 0.05) is 11.3 Å². The molecule has 0 radical (unpaired) electrons. The highest BCUT2D eigenvalue weighted by Crippen LogP contribution is 2.33. The molecule has 4 heteroatoms. The number of fused-ring (bicyclic) bond motifs is 1. The number of thiophene rings is 1. The van der Waals surface area contributed by atoms with Crippen LogP contribution in [0.5, 0.6) is 0 Å². The zero-order valence-corrected chi connectivity index (χ0v) is 12.1. The Labute approximate surface area is 118 Å². The van der Waals surface area contributed by atoms with E-state index in [2.05, 4.69) is 22.1 Å². The van der Waals surface area contributed by atoms with E-state index in [0.29, 0.717) is 12.3 Å². The Kier molecular flexibility index (Phi) is 4.18. The van der Waals surface area contributed by atoms with Crippen molar-refractivity contribution in [1.82, 2.24) is 10.6 Å². The largest absolute Gasteiger partial charge is 0.349 e. The van der Waals surface area contributed by atoms with Crippen LogP contribution in [-0.4, -0.2) is 19.0 Å². The van der Waals surface area contributed by atoms with Crippen molar-refractivity contribution in [3.8, 4) is 0 Å². The van der Waals surface area contributed by atoms with Crippen molar-refractivity contribution in [2.75, 3.05) is 13.1 Å². The third kappa shape index (κ3) is 3.18. The molecule has 1 aliphatic heterocycles. The minimum Gasteiger partial charge on any atom is -0.349 e. The van der Waals surface area contributed by atoms with Crippen LogP contribution in [0.25, 0.3) is 0 Å². The van der Waals surface area contributed by atoms with Crippen molar-refractivity contribution in [1.29, 1.82) is 0 Å². The van der Waals surface area contributed by atoms with Gasteiger partial charge in [0.15, 0.2) is 0 Å². The number of amides is 1. The lowest BCUT2D eigenvalue weighted by molar-refractivity contribution is -0.123. The molecule has 2 heterocycles. The minimum absolute atomic E-state index is 0.246. The van der Waals surface area contributed by atoms with Gasteiger partial charge >= 0.3 is 0 Å². The van der Waals surface area contributed by atoms with E-state index in [0.717, 1.165) is 32.4 Å². The molecule has 1 aromatic rings. The summed E-state index contributed by atoms with van der Waals surface area (Å²) in [5.74, 6) is 0.822. The molecular weight excluding hydrogens is 256 g/mol. The quantitative estimate of drug-likeness (QED) is 0.892. The lowest BCUT2D eigenvalue weighted by Gasteiger charge is -2.26. The van der Waals surface area contributed by atoms with Crippen LogP contribution < -0.4 is 10.6 Å². The third-order valence-corrected chi connectivity index (χ3v) is 5.32. The zero-order valence-electron chi connectivity index (χ0n) is 11.3. The number of hydrogen-bond acceptors (Lipinski definition) is 3. The number of nitrogens with one attached hydrogen (secondary N) is 2. The summed E-state index contributed by atoms with van der Waals surface area (Å²) in [7, 11) is 0. The van der Waals surface area contributed by atoms with Crippen molar-refractivity contribution in [3.05, 3.63) is 21.9 Å². The zero-order chi connectivity index (χ0) is 13.1. The monoisotopic (exact) mass is 278 g/mol. The SMILES string of the molecule is O=C(CC1CCNCC1)NC1CCCc2sccc21. The number of rotatable bonds is 3. The van der Waals surface area contributed by atoms with Gasteiger partial charge in [0.25, 0.3) is 0 Å². The maximum absolute atomic E-state index is 12.2. The standard InChI is InChI=1S/C15H22N2OS/c18-15(10-11-4-7-16-8-5-11)17-13-2-1-3-14-12(13)6-9-19-14/h6,9,11,13,16H,1-5,7-8,10H2,(H,17,18). The van der Waals surface area contributed by atoms with Crippen LogP contribution in [-0.2, 0) is 11.2 Å². The van der Waals surface area contributed by atoms with Crippen LogP contribution in [0.1, 0.15) is 48.6 Å². The summed E-state index contributed by atoms with van der Waals surface area (Å²) in [6.07, 6.45) is 6.47. The Bertz CT molecular complexity index is 437. The predicted octanol–water partition coefficient (Wildman–Crippen LogP) is 2.63. The highest BCUT2D eigenvalue weighted by Gasteiger charge is 2.24. The van der Waals surface area contributed by atoms with Gasteiger partial charge in [-0.15, -0.1) is 11.3 Å². The normalized spacial score (nSPS) is 23.9. The van der Waals surface area contributed by atoms with Gasteiger partial charge in [-0.05, 0) is 68.1 Å². The second kappa shape index (κ2) is 6.06. The maximum Gasteiger partial charge on any atom is 0.220 e. The summed E-state index contributed by atoms with van der Waals surface area (Å²) in [6, 6.07) is 2.46. The molecule has 3 nitrogen and oxygen atoms in total. The molecule has 0 aromatic carbocycles. The molecule has 0 saturated carbocycles. The summed E-state index contributed by atoms with van der Waals surface area (Å²) in [5.41, 5.74) is 1.37. The Hall–Kier alpha value is -0.870. The van der Waals surface area contributed by atoms with Crippen molar-refractivity contribution in [3.63, 3.8) is 0 Å². The average Bonchev–Trinajstić information content (AvgIpc) is 2.89. The van der Waals surface area contributed by atoms with Crippen molar-refractivity contribution >= 4 is 17.2 Å². The first-order valence-electron chi connectivity index (χ1n) is 7.39. The van der Waals surface area contributed by atoms with E-state index in [-0.39, 0.29) is 11.9 Å². The molecule has 2 aliphatic rings. The number of hydrogen-bond donors (Lipinski definition) is 2. The van der Waals surface area contributed by atoms with Crippen LogP contribution >= 0.6 is 11.3 Å². The fourth-order valence-electron chi connectivity index (χ4n) is 3.24. The molecule has 0 spiro atoms. The van der Waals surface area contributed by atoms with Gasteiger partial charge < -0.3 is 10.6 Å². The highest BCUT2D eigenvalue weighted by atomic mass is 32.1. The van der Waals surface area contributed by atoms with Gasteiger partial charge in [-0.25, -0.2) is 0 Å². The first-order chi connectivity index (χ1) is 9.33. The maximum atomic E-state index is 12.2. The highest BCUT2D eigenvalue weighted by molar-refractivity contribution is 7.10. The number of piperidine rings is 1. The molecule has 104 valence electrons. The molecule has 1 unspecified atom stereocenters. The van der Waals surface area contributed by atoms with E-state index in [1.54, 1.807) is 0 Å². The molecular formula is C15H22N2OS. The number of aryl methyl sites for hydroxylation is 1. The summed E-state index contributed by atoms with van der Waals surface area (Å²) >= 11 is 1.83. The van der Waals surface area contributed by atoms with E-state index >= 15 is 0 Å². The molecule has 19 heavy (non-hydrogen) atoms. The van der Waals surface area contributed by atoms with Gasteiger partial charge in [0.05, 0.1) is 6.04 Å². The fourth-order valence-corrected chi connectivity index (χ4v) is 4.23. The molecule has 1 atom stereocenters. The second-order valence-corrected chi connectivity index (χ2v) is 6.71. The van der Waals surface area contributed by atoms with E-state index < -0.39 is 0 Å². The molecule has 3 rings (SSSR count). The molecule has 1 amide bonds. The smallest absolute Gasteiger partial charge is 0.220 e. The molecule has 2 N–H and O–H groups in total.